The molecule has 2 aliphatic heterocycles. The molecule has 2 fully saturated rings. The molecule has 456 valence electrons. The van der Waals surface area contributed by atoms with E-state index in [2.05, 4.69) is 26.6 Å². The van der Waals surface area contributed by atoms with Gasteiger partial charge >= 0.3 is 5.97 Å². The van der Waals surface area contributed by atoms with E-state index < -0.39 is 128 Å². The molecule has 83 heavy (non-hydrogen) atoms. The fourth-order valence-electron chi connectivity index (χ4n) is 8.95. The highest BCUT2D eigenvalue weighted by atomic mass is 35.5. The number of hydrogen-bond donors (Lipinski definition) is 12. The van der Waals surface area contributed by atoms with Gasteiger partial charge in [0.1, 0.15) is 24.4 Å². The summed E-state index contributed by atoms with van der Waals surface area (Å²) in [4.78, 5) is 100. The second-order valence-corrected chi connectivity index (χ2v) is 23.0. The van der Waals surface area contributed by atoms with Crippen LogP contribution in [0.2, 0.25) is 10.0 Å². The minimum Gasteiger partial charge on any atom is -0.477 e. The standard InChI is InChI=1S/C55H71Cl2N5O19S2/c1-31(64)61-44-40(67)26-54(30-63,80-48(44)46(71)42(69)28-59-51(74)35-11-15-37(56)16-12-35)78-20-4-24-83-25-19-58-50(73)34-9-7-33(8-10-34)39(66)6-3-22-82-23-5-21-79-55(53(76)77)27-41(68)45(62-32(2)65)49(81-55)47(72)43(70)29-60-52(75)36-13-17-38(57)18-14-36/h7-18,30,40-49,67-72H,3-6,19-29H2,1-2H3,(H,58,73)(H,59,74)(H,60,75)(H,61,64)(H,62,65)(H,76,77)/t40-,41-,42+,43-,44+,45+,46+,47+,48+,49+,54+,55+/m0/s1. The third-order valence-electron chi connectivity index (χ3n) is 13.3. The quantitative estimate of drug-likeness (QED) is 0.0232. The minimum absolute atomic E-state index is 0.0220. The number of carboxylic acids is 1. The van der Waals surface area contributed by atoms with Crippen LogP contribution in [0.1, 0.15) is 93.8 Å². The lowest BCUT2D eigenvalue weighted by Crippen LogP contribution is -2.68. The van der Waals surface area contributed by atoms with Gasteiger partial charge in [-0.3, -0.25) is 33.6 Å². The van der Waals surface area contributed by atoms with Crippen molar-refractivity contribution in [2.75, 3.05) is 55.9 Å². The number of thioether (sulfide) groups is 2. The first kappa shape index (κ1) is 68.5. The molecule has 3 aromatic carbocycles. The highest BCUT2D eigenvalue weighted by Crippen LogP contribution is 2.35. The number of carbonyl (C=O) groups excluding carboxylic acids is 7. The van der Waals surface area contributed by atoms with Crippen LogP contribution in [0.25, 0.3) is 0 Å². The van der Waals surface area contributed by atoms with Crippen molar-refractivity contribution in [3.63, 3.8) is 0 Å². The Morgan fingerprint density at radius 1 is 0.614 bits per heavy atom. The number of ketones is 1. The molecule has 0 aromatic heterocycles. The van der Waals surface area contributed by atoms with Gasteiger partial charge in [0.25, 0.3) is 23.5 Å². The van der Waals surface area contributed by atoms with E-state index in [0.29, 0.717) is 76.3 Å². The maximum absolute atomic E-state index is 13.0. The Morgan fingerprint density at radius 2 is 1.04 bits per heavy atom. The van der Waals surface area contributed by atoms with E-state index >= 15 is 0 Å². The van der Waals surface area contributed by atoms with Crippen molar-refractivity contribution in [1.29, 1.82) is 0 Å². The number of hydrogen-bond acceptors (Lipinski definition) is 20. The summed E-state index contributed by atoms with van der Waals surface area (Å²) in [5.41, 5.74) is 1.22. The van der Waals surface area contributed by atoms with Crippen molar-refractivity contribution >= 4 is 94.3 Å². The van der Waals surface area contributed by atoms with Crippen molar-refractivity contribution in [1.82, 2.24) is 26.6 Å². The zero-order chi connectivity index (χ0) is 60.9. The van der Waals surface area contributed by atoms with E-state index in [-0.39, 0.29) is 42.5 Å². The first-order valence-corrected chi connectivity index (χ1v) is 29.7. The fraction of sp³-hybridized carbons (Fsp3) is 0.527. The maximum atomic E-state index is 13.0. The van der Waals surface area contributed by atoms with Crippen LogP contribution in [0, 0.1) is 0 Å². The number of aliphatic carboxylic acids is 1. The molecule has 28 heteroatoms. The van der Waals surface area contributed by atoms with Gasteiger partial charge in [0.2, 0.25) is 17.6 Å². The second-order valence-electron chi connectivity index (χ2n) is 19.7. The van der Waals surface area contributed by atoms with Crippen LogP contribution >= 0.6 is 46.7 Å². The Hall–Kier alpha value is -5.30. The molecule has 12 N–H and O–H groups in total. The zero-order valence-electron chi connectivity index (χ0n) is 45.5. The van der Waals surface area contributed by atoms with Crippen LogP contribution in [-0.2, 0) is 38.1 Å². The van der Waals surface area contributed by atoms with E-state index in [4.69, 9.17) is 42.1 Å². The molecule has 0 aliphatic carbocycles. The lowest BCUT2D eigenvalue weighted by atomic mass is 9.88. The predicted octanol–water partition coefficient (Wildman–Crippen LogP) is 1.25. The van der Waals surface area contributed by atoms with Gasteiger partial charge in [-0.2, -0.15) is 23.5 Å². The van der Waals surface area contributed by atoms with Crippen molar-refractivity contribution in [2.45, 2.75) is 125 Å². The molecule has 3 aromatic rings. The predicted molar refractivity (Wildman–Crippen MR) is 305 cm³/mol. The molecule has 0 radical (unpaired) electrons. The van der Waals surface area contributed by atoms with Gasteiger partial charge in [-0.1, -0.05) is 35.3 Å². The number of amides is 5. The van der Waals surface area contributed by atoms with Gasteiger partial charge < -0.3 is 81.3 Å². The smallest absolute Gasteiger partial charge is 0.364 e. The van der Waals surface area contributed by atoms with E-state index in [9.17, 15) is 74.1 Å². The van der Waals surface area contributed by atoms with Crippen molar-refractivity contribution in [3.05, 3.63) is 105 Å². The third kappa shape index (κ3) is 20.7. The van der Waals surface area contributed by atoms with Crippen LogP contribution < -0.4 is 26.6 Å². The number of halogens is 2. The van der Waals surface area contributed by atoms with Gasteiger partial charge in [0, 0.05) is 90.8 Å². The molecule has 24 nitrogen and oxygen atoms in total. The summed E-state index contributed by atoms with van der Waals surface area (Å²) in [6.45, 7) is 1.49. The number of benzene rings is 3. The summed E-state index contributed by atoms with van der Waals surface area (Å²) < 4.78 is 23.2. The Balaban J connectivity index is 0.969. The molecule has 2 heterocycles. The van der Waals surface area contributed by atoms with Crippen LogP contribution in [0.15, 0.2) is 72.8 Å². The number of aliphatic hydroxyl groups excluding tert-OH is 6. The Bertz CT molecular complexity index is 2650. The third-order valence-corrected chi connectivity index (χ3v) is 16.0. The van der Waals surface area contributed by atoms with Gasteiger partial charge in [-0.05, 0) is 97.2 Å². The largest absolute Gasteiger partial charge is 0.477 e. The molecule has 2 aliphatic rings. The molecule has 12 atom stereocenters. The normalized spacial score (nSPS) is 23.8. The molecule has 0 bridgehead atoms. The van der Waals surface area contributed by atoms with Crippen LogP contribution in [0.5, 0.6) is 0 Å². The van der Waals surface area contributed by atoms with E-state index in [1.807, 2.05) is 0 Å². The van der Waals surface area contributed by atoms with Crippen molar-refractivity contribution in [2.24, 2.45) is 0 Å². The molecule has 0 saturated carbocycles. The fourth-order valence-corrected chi connectivity index (χ4v) is 10.9. The number of aldehydes is 1. The highest BCUT2D eigenvalue weighted by molar-refractivity contribution is 7.99. The van der Waals surface area contributed by atoms with Gasteiger partial charge in [-0.15, -0.1) is 0 Å². The number of carboxylic acid groups (broad SMARTS) is 1. The Morgan fingerprint density at radius 3 is 1.52 bits per heavy atom. The van der Waals surface area contributed by atoms with Crippen LogP contribution in [0.3, 0.4) is 0 Å². The molecule has 2 saturated heterocycles. The van der Waals surface area contributed by atoms with Gasteiger partial charge in [-0.25, -0.2) is 4.79 Å². The van der Waals surface area contributed by atoms with Gasteiger partial charge in [0.05, 0.1) is 49.7 Å². The van der Waals surface area contributed by atoms with Gasteiger partial charge in [0.15, 0.2) is 12.1 Å². The average molecular weight is 1240 g/mol. The van der Waals surface area contributed by atoms with Crippen LogP contribution in [0.4, 0.5) is 0 Å². The number of aliphatic hydroxyl groups is 6. The number of rotatable bonds is 33. The summed E-state index contributed by atoms with van der Waals surface area (Å²) in [6, 6.07) is 15.4. The summed E-state index contributed by atoms with van der Waals surface area (Å²) in [5, 5.41) is 89.8. The van der Waals surface area contributed by atoms with E-state index in [1.165, 1.54) is 79.0 Å². The summed E-state index contributed by atoms with van der Waals surface area (Å²) in [5.74, 6) is -6.89. The minimum atomic E-state index is -2.47. The van der Waals surface area contributed by atoms with Crippen molar-refractivity contribution in [3.8, 4) is 0 Å². The first-order chi connectivity index (χ1) is 39.5. The van der Waals surface area contributed by atoms with E-state index in [1.54, 1.807) is 24.3 Å². The first-order valence-electron chi connectivity index (χ1n) is 26.6. The van der Waals surface area contributed by atoms with Crippen molar-refractivity contribution < 1.29 is 93.0 Å². The molecular weight excluding hydrogens is 1170 g/mol. The summed E-state index contributed by atoms with van der Waals surface area (Å²) >= 11 is 14.7. The topological polar surface area (TPSA) is 375 Å². The lowest BCUT2D eigenvalue weighted by molar-refractivity contribution is -0.310. The monoisotopic (exact) mass is 1240 g/mol. The molecule has 5 rings (SSSR count). The number of nitrogens with one attached hydrogen (secondary N) is 5. The number of carbonyl (C=O) groups is 8. The maximum Gasteiger partial charge on any atom is 0.364 e. The second kappa shape index (κ2) is 33.4. The van der Waals surface area contributed by atoms with E-state index in [0.717, 1.165) is 6.92 Å². The summed E-state index contributed by atoms with van der Waals surface area (Å²) in [7, 11) is 0. The summed E-state index contributed by atoms with van der Waals surface area (Å²) in [6.07, 6.45) is -12.6. The molecule has 5 amide bonds. The average Bonchev–Trinajstić information content (AvgIpc) is 3.25. The molecule has 0 spiro atoms. The zero-order valence-corrected chi connectivity index (χ0v) is 48.6. The molecule has 0 unspecified atom stereocenters. The SMILES string of the molecule is CC(=O)N[C@H]1[C@H]([C@H](O)[C@H](O)CNC(=O)c2ccc(Cl)cc2)O[C@](C=O)(OCCCSCCNC(=O)c2ccc(C(=O)CCCSCCCO[C@]3(C(=O)O)C[C@H](O)[C@@H](NC(C)=O)[C@H]([C@H](O)[C@@H](O)CNC(=O)c4ccc(Cl)cc4)O3)cc2)C[C@@H]1O. The Labute approximate surface area is 497 Å². The number of ether oxygens (including phenoxy) is 4. The van der Waals surface area contributed by atoms with Crippen LogP contribution in [-0.4, -0.2) is 212 Å². The molecular formula is C55H71Cl2N5O19S2. The Kier molecular flexibility index (Phi) is 27.6. The highest BCUT2D eigenvalue weighted by Gasteiger charge is 2.56. The lowest BCUT2D eigenvalue weighted by Gasteiger charge is -2.46. The number of Topliss-reactive ketones (excluding diaryl/α,β-unsaturated/α-hetero) is 1.